The molecule has 21 heavy (non-hydrogen) atoms. The number of fused-ring (bicyclic) bond motifs is 1. The smallest absolute Gasteiger partial charge is 0.236 e. The second kappa shape index (κ2) is 7.28. The number of ether oxygens (including phenoxy) is 2. The topological polar surface area (TPSA) is 79.8 Å². The maximum Gasteiger partial charge on any atom is 0.236 e. The molecular weight excluding hydrogens is 272 g/mol. The van der Waals surface area contributed by atoms with Crippen LogP contribution in [0.5, 0.6) is 11.5 Å². The molecular formula is C15H22N2O4. The van der Waals surface area contributed by atoms with Crippen LogP contribution in [-0.4, -0.2) is 43.4 Å². The number of carbonyl (C=O) groups excluding carboxylic acids is 1. The summed E-state index contributed by atoms with van der Waals surface area (Å²) in [4.78, 5) is 11.6. The monoisotopic (exact) mass is 294 g/mol. The fourth-order valence-corrected chi connectivity index (χ4v) is 2.09. The second-order valence-electron chi connectivity index (χ2n) is 4.94. The van der Waals surface area contributed by atoms with Crippen LogP contribution in [0.1, 0.15) is 25.5 Å². The molecule has 0 saturated carbocycles. The van der Waals surface area contributed by atoms with Gasteiger partial charge in [-0.15, -0.1) is 0 Å². The lowest BCUT2D eigenvalue weighted by atomic mass is 10.1. The van der Waals surface area contributed by atoms with Crippen LogP contribution in [0, 0.1) is 0 Å². The number of likely N-dealkylation sites (N-methyl/N-ethyl adjacent to an activating group) is 1. The molecule has 2 atom stereocenters. The number of hydrogen-bond donors (Lipinski definition) is 3. The first-order valence-corrected chi connectivity index (χ1v) is 7.20. The summed E-state index contributed by atoms with van der Waals surface area (Å²) in [5.74, 6) is 1.27. The van der Waals surface area contributed by atoms with E-state index in [0.717, 1.165) is 5.56 Å². The van der Waals surface area contributed by atoms with Crippen molar-refractivity contribution in [2.24, 2.45) is 0 Å². The van der Waals surface area contributed by atoms with E-state index in [4.69, 9.17) is 9.47 Å². The molecule has 3 N–H and O–H groups in total. The highest BCUT2D eigenvalue weighted by Crippen LogP contribution is 2.32. The summed E-state index contributed by atoms with van der Waals surface area (Å²) < 4.78 is 10.9. The van der Waals surface area contributed by atoms with Crippen LogP contribution in [0.2, 0.25) is 0 Å². The highest BCUT2D eigenvalue weighted by Gasteiger charge is 2.17. The van der Waals surface area contributed by atoms with Crippen molar-refractivity contribution >= 4 is 5.91 Å². The number of carbonyl (C=O) groups is 1. The van der Waals surface area contributed by atoms with Crippen molar-refractivity contribution in [3.05, 3.63) is 23.8 Å². The number of nitrogens with one attached hydrogen (secondary N) is 2. The third-order valence-electron chi connectivity index (χ3n) is 3.31. The fraction of sp³-hybridized carbons (Fsp3) is 0.533. The predicted octanol–water partition coefficient (Wildman–Crippen LogP) is 0.605. The lowest BCUT2D eigenvalue weighted by Gasteiger charge is -2.21. The van der Waals surface area contributed by atoms with Crippen LogP contribution in [0.3, 0.4) is 0 Å². The Labute approximate surface area is 124 Å². The Bertz CT molecular complexity index is 493. The van der Waals surface area contributed by atoms with Crippen LogP contribution in [0.4, 0.5) is 0 Å². The van der Waals surface area contributed by atoms with Gasteiger partial charge in [-0.2, -0.15) is 0 Å². The van der Waals surface area contributed by atoms with Gasteiger partial charge in [-0.3, -0.25) is 4.79 Å². The van der Waals surface area contributed by atoms with E-state index >= 15 is 0 Å². The molecule has 1 aliphatic heterocycles. The zero-order valence-corrected chi connectivity index (χ0v) is 12.4. The highest BCUT2D eigenvalue weighted by atomic mass is 16.6. The largest absolute Gasteiger partial charge is 0.486 e. The van der Waals surface area contributed by atoms with E-state index in [9.17, 15) is 9.90 Å². The van der Waals surface area contributed by atoms with Crippen LogP contribution in [-0.2, 0) is 4.79 Å². The Morgan fingerprint density at radius 2 is 2.05 bits per heavy atom. The first kappa shape index (κ1) is 15.6. The summed E-state index contributed by atoms with van der Waals surface area (Å²) in [5, 5.41) is 15.9. The zero-order chi connectivity index (χ0) is 15.2. The minimum absolute atomic E-state index is 0.0770. The van der Waals surface area contributed by atoms with E-state index in [0.29, 0.717) is 31.3 Å². The fourth-order valence-electron chi connectivity index (χ4n) is 2.09. The molecule has 0 aliphatic carbocycles. The third-order valence-corrected chi connectivity index (χ3v) is 3.31. The Morgan fingerprint density at radius 1 is 1.33 bits per heavy atom. The van der Waals surface area contributed by atoms with Gasteiger partial charge in [0.2, 0.25) is 5.91 Å². The molecule has 0 radical (unpaired) electrons. The molecule has 6 nitrogen and oxygen atoms in total. The molecule has 116 valence electrons. The van der Waals surface area contributed by atoms with Crippen LogP contribution in [0.15, 0.2) is 18.2 Å². The molecule has 0 spiro atoms. The number of aliphatic hydroxyl groups is 1. The van der Waals surface area contributed by atoms with Gasteiger partial charge in [0.05, 0.1) is 12.1 Å². The molecule has 0 saturated heterocycles. The van der Waals surface area contributed by atoms with E-state index in [1.165, 1.54) is 0 Å². The molecule has 1 aromatic carbocycles. The van der Waals surface area contributed by atoms with Crippen molar-refractivity contribution in [1.29, 1.82) is 0 Å². The molecule has 0 fully saturated rings. The minimum Gasteiger partial charge on any atom is -0.486 e. The summed E-state index contributed by atoms with van der Waals surface area (Å²) in [6, 6.07) is 5.02. The number of amides is 1. The number of hydrogen-bond acceptors (Lipinski definition) is 5. The summed E-state index contributed by atoms with van der Waals surface area (Å²) >= 11 is 0. The third kappa shape index (κ3) is 4.09. The van der Waals surface area contributed by atoms with E-state index in [1.54, 1.807) is 25.1 Å². The minimum atomic E-state index is -0.710. The first-order chi connectivity index (χ1) is 10.1. The van der Waals surface area contributed by atoms with Gasteiger partial charge in [0, 0.05) is 13.1 Å². The lowest BCUT2D eigenvalue weighted by Crippen LogP contribution is -2.43. The Balaban J connectivity index is 1.91. The van der Waals surface area contributed by atoms with Crippen molar-refractivity contribution in [2.45, 2.75) is 26.0 Å². The van der Waals surface area contributed by atoms with Crippen molar-refractivity contribution in [3.63, 3.8) is 0 Å². The normalized spacial score (nSPS) is 16.1. The molecule has 0 bridgehead atoms. The summed E-state index contributed by atoms with van der Waals surface area (Å²) in [5.41, 5.74) is 0.731. The number of aliphatic hydroxyl groups excluding tert-OH is 1. The van der Waals surface area contributed by atoms with Gasteiger partial charge in [0.25, 0.3) is 0 Å². The Hall–Kier alpha value is -1.79. The van der Waals surface area contributed by atoms with Gasteiger partial charge in [0.15, 0.2) is 11.5 Å². The molecule has 1 aliphatic rings. The van der Waals surface area contributed by atoms with Gasteiger partial charge >= 0.3 is 0 Å². The van der Waals surface area contributed by atoms with Crippen molar-refractivity contribution < 1.29 is 19.4 Å². The summed E-state index contributed by atoms with van der Waals surface area (Å²) in [6.07, 6.45) is -0.710. The van der Waals surface area contributed by atoms with Gasteiger partial charge in [-0.25, -0.2) is 0 Å². The first-order valence-electron chi connectivity index (χ1n) is 7.20. The van der Waals surface area contributed by atoms with E-state index in [2.05, 4.69) is 10.6 Å². The van der Waals surface area contributed by atoms with Gasteiger partial charge in [0.1, 0.15) is 13.2 Å². The average Bonchev–Trinajstić information content (AvgIpc) is 2.52. The van der Waals surface area contributed by atoms with E-state index < -0.39 is 6.10 Å². The van der Waals surface area contributed by atoms with Gasteiger partial charge in [-0.05, 0) is 31.5 Å². The van der Waals surface area contributed by atoms with Crippen LogP contribution in [0.25, 0.3) is 0 Å². The molecule has 2 rings (SSSR count). The average molecular weight is 294 g/mol. The molecule has 6 heteroatoms. The quantitative estimate of drug-likeness (QED) is 0.716. The maximum absolute atomic E-state index is 11.6. The summed E-state index contributed by atoms with van der Waals surface area (Å²) in [6.45, 7) is 5.57. The zero-order valence-electron chi connectivity index (χ0n) is 12.4. The van der Waals surface area contributed by atoms with Crippen LogP contribution >= 0.6 is 0 Å². The molecule has 1 heterocycles. The standard InChI is InChI=1S/C15H22N2O4/c1-3-16-15(19)10(2)17-9-12(18)11-4-5-13-14(8-11)21-7-6-20-13/h4-5,8,10,12,17-18H,3,6-7,9H2,1-2H3,(H,16,19). The molecule has 0 aromatic heterocycles. The van der Waals surface area contributed by atoms with Crippen molar-refractivity contribution in [1.82, 2.24) is 10.6 Å². The molecule has 1 amide bonds. The van der Waals surface area contributed by atoms with Crippen LogP contribution < -0.4 is 20.1 Å². The Morgan fingerprint density at radius 3 is 2.76 bits per heavy atom. The second-order valence-corrected chi connectivity index (χ2v) is 4.94. The molecule has 1 aromatic rings. The molecule has 2 unspecified atom stereocenters. The number of benzene rings is 1. The predicted molar refractivity (Wildman–Crippen MR) is 78.5 cm³/mol. The maximum atomic E-state index is 11.6. The lowest BCUT2D eigenvalue weighted by molar-refractivity contribution is -0.122. The highest BCUT2D eigenvalue weighted by molar-refractivity contribution is 5.81. The van der Waals surface area contributed by atoms with Crippen molar-refractivity contribution in [2.75, 3.05) is 26.3 Å². The van der Waals surface area contributed by atoms with Crippen molar-refractivity contribution in [3.8, 4) is 11.5 Å². The van der Waals surface area contributed by atoms with E-state index in [1.807, 2.05) is 6.92 Å². The van der Waals surface area contributed by atoms with Gasteiger partial charge < -0.3 is 25.2 Å². The van der Waals surface area contributed by atoms with Gasteiger partial charge in [-0.1, -0.05) is 6.07 Å². The Kier molecular flexibility index (Phi) is 5.41. The SMILES string of the molecule is CCNC(=O)C(C)NCC(O)c1ccc2c(c1)OCCO2. The van der Waals surface area contributed by atoms with E-state index in [-0.39, 0.29) is 18.5 Å². The number of rotatable bonds is 6. The summed E-state index contributed by atoms with van der Waals surface area (Å²) in [7, 11) is 0.